The van der Waals surface area contributed by atoms with Crippen LogP contribution in [0, 0.1) is 0 Å². The van der Waals surface area contributed by atoms with Crippen LogP contribution in [0.3, 0.4) is 0 Å². The first-order valence-corrected chi connectivity index (χ1v) is 7.21. The van der Waals surface area contributed by atoms with Crippen molar-refractivity contribution in [3.05, 3.63) is 0 Å². The van der Waals surface area contributed by atoms with E-state index in [0.717, 1.165) is 6.04 Å². The van der Waals surface area contributed by atoms with E-state index in [1.54, 1.807) is 0 Å². The first-order chi connectivity index (χ1) is 7.47. The molecule has 0 aromatic heterocycles. The Bertz CT molecular complexity index is 151. The van der Waals surface area contributed by atoms with Gasteiger partial charge in [-0.05, 0) is 38.8 Å². The Hall–Kier alpha value is -0.0400. The summed E-state index contributed by atoms with van der Waals surface area (Å²) in [6.07, 6.45) is 16.3. The van der Waals surface area contributed by atoms with Crippen molar-refractivity contribution in [2.75, 3.05) is 13.1 Å². The van der Waals surface area contributed by atoms with Crippen LogP contribution in [0.1, 0.15) is 70.6 Å². The Labute approximate surface area is 95.2 Å². The summed E-state index contributed by atoms with van der Waals surface area (Å²) in [4.78, 5) is 2.82. The Morgan fingerprint density at radius 1 is 0.533 bits per heavy atom. The van der Waals surface area contributed by atoms with Crippen molar-refractivity contribution < 1.29 is 0 Å². The summed E-state index contributed by atoms with van der Waals surface area (Å²) in [6, 6.07) is 0.950. The lowest BCUT2D eigenvalue weighted by atomic mass is 10.0. The highest BCUT2D eigenvalue weighted by atomic mass is 15.1. The molecule has 1 saturated heterocycles. The molecule has 1 heterocycles. The molecule has 15 heavy (non-hydrogen) atoms. The summed E-state index contributed by atoms with van der Waals surface area (Å²) >= 11 is 0. The molecule has 0 atom stereocenters. The zero-order chi connectivity index (χ0) is 10.3. The van der Waals surface area contributed by atoms with Crippen LogP contribution in [0.5, 0.6) is 0 Å². The van der Waals surface area contributed by atoms with E-state index in [-0.39, 0.29) is 0 Å². The monoisotopic (exact) mass is 209 g/mol. The molecule has 0 aromatic rings. The lowest BCUT2D eigenvalue weighted by Gasteiger charge is -2.32. The van der Waals surface area contributed by atoms with Crippen molar-refractivity contribution in [1.82, 2.24) is 4.90 Å². The van der Waals surface area contributed by atoms with Crippen molar-refractivity contribution in [3.8, 4) is 0 Å². The molecule has 1 aliphatic carbocycles. The van der Waals surface area contributed by atoms with Crippen LogP contribution in [-0.4, -0.2) is 24.0 Å². The minimum Gasteiger partial charge on any atom is -0.300 e. The van der Waals surface area contributed by atoms with Crippen molar-refractivity contribution in [2.45, 2.75) is 76.7 Å². The van der Waals surface area contributed by atoms with Crippen LogP contribution < -0.4 is 0 Å². The van der Waals surface area contributed by atoms with Gasteiger partial charge in [-0.3, -0.25) is 0 Å². The van der Waals surface area contributed by atoms with E-state index in [4.69, 9.17) is 0 Å². The zero-order valence-corrected chi connectivity index (χ0v) is 10.2. The molecule has 2 fully saturated rings. The number of hydrogen-bond acceptors (Lipinski definition) is 1. The first-order valence-electron chi connectivity index (χ1n) is 7.21. The van der Waals surface area contributed by atoms with Gasteiger partial charge in [0, 0.05) is 6.04 Å². The van der Waals surface area contributed by atoms with Crippen molar-refractivity contribution in [3.63, 3.8) is 0 Å². The third kappa shape index (κ3) is 3.79. The van der Waals surface area contributed by atoms with E-state index in [1.165, 1.54) is 83.7 Å². The molecule has 0 spiro atoms. The van der Waals surface area contributed by atoms with E-state index < -0.39 is 0 Å². The Kier molecular flexibility index (Phi) is 4.98. The van der Waals surface area contributed by atoms with Gasteiger partial charge in [0.1, 0.15) is 0 Å². The number of likely N-dealkylation sites (tertiary alicyclic amines) is 1. The lowest BCUT2D eigenvalue weighted by molar-refractivity contribution is 0.164. The Morgan fingerprint density at radius 3 is 1.60 bits per heavy atom. The second-order valence-electron chi connectivity index (χ2n) is 5.45. The fourth-order valence-electron chi connectivity index (χ4n) is 3.26. The molecular weight excluding hydrogens is 182 g/mol. The molecule has 0 unspecified atom stereocenters. The molecule has 0 bridgehead atoms. The molecule has 1 aliphatic heterocycles. The number of nitrogens with zero attached hydrogens (tertiary/aromatic N) is 1. The maximum absolute atomic E-state index is 2.82. The second-order valence-corrected chi connectivity index (χ2v) is 5.45. The molecule has 1 heteroatoms. The van der Waals surface area contributed by atoms with Crippen molar-refractivity contribution in [1.29, 1.82) is 0 Å². The summed E-state index contributed by atoms with van der Waals surface area (Å²) in [5, 5.41) is 0. The molecule has 1 nitrogen and oxygen atoms in total. The molecule has 2 aliphatic rings. The predicted octanol–water partition coefficient (Wildman–Crippen LogP) is 3.98. The summed E-state index contributed by atoms with van der Waals surface area (Å²) in [6.45, 7) is 2.79. The van der Waals surface area contributed by atoms with Crippen LogP contribution in [0.25, 0.3) is 0 Å². The topological polar surface area (TPSA) is 3.24 Å². The normalized spacial score (nSPS) is 28.0. The molecule has 0 N–H and O–H groups in total. The molecule has 1 saturated carbocycles. The summed E-state index contributed by atoms with van der Waals surface area (Å²) < 4.78 is 0. The fourth-order valence-corrected chi connectivity index (χ4v) is 3.26. The SMILES string of the molecule is C1CCCN(C2CCCCCC2)CCC1. The van der Waals surface area contributed by atoms with Crippen LogP contribution in [0.15, 0.2) is 0 Å². The Balaban J connectivity index is 1.82. The van der Waals surface area contributed by atoms with Crippen molar-refractivity contribution >= 4 is 0 Å². The van der Waals surface area contributed by atoms with E-state index in [2.05, 4.69) is 4.90 Å². The van der Waals surface area contributed by atoms with Crippen LogP contribution in [-0.2, 0) is 0 Å². The summed E-state index contributed by atoms with van der Waals surface area (Å²) in [5.41, 5.74) is 0. The average molecular weight is 209 g/mol. The summed E-state index contributed by atoms with van der Waals surface area (Å²) in [5.74, 6) is 0. The van der Waals surface area contributed by atoms with Gasteiger partial charge in [0.05, 0.1) is 0 Å². The highest BCUT2D eigenvalue weighted by Gasteiger charge is 2.19. The molecule has 0 amide bonds. The largest absolute Gasteiger partial charge is 0.300 e. The van der Waals surface area contributed by atoms with E-state index in [9.17, 15) is 0 Å². The molecular formula is C14H27N. The molecule has 0 aromatic carbocycles. The van der Waals surface area contributed by atoms with Crippen LogP contribution in [0.2, 0.25) is 0 Å². The van der Waals surface area contributed by atoms with Gasteiger partial charge >= 0.3 is 0 Å². The van der Waals surface area contributed by atoms with Crippen LogP contribution in [0.4, 0.5) is 0 Å². The van der Waals surface area contributed by atoms with Gasteiger partial charge < -0.3 is 4.90 Å². The molecule has 0 radical (unpaired) electrons. The molecule has 88 valence electrons. The fraction of sp³-hybridized carbons (Fsp3) is 1.00. The zero-order valence-electron chi connectivity index (χ0n) is 10.2. The van der Waals surface area contributed by atoms with Gasteiger partial charge in [0.15, 0.2) is 0 Å². The predicted molar refractivity (Wildman–Crippen MR) is 66.1 cm³/mol. The smallest absolute Gasteiger partial charge is 0.00952 e. The quantitative estimate of drug-likeness (QED) is 0.591. The van der Waals surface area contributed by atoms with E-state index in [0.29, 0.717) is 0 Å². The second kappa shape index (κ2) is 6.52. The lowest BCUT2D eigenvalue weighted by Crippen LogP contribution is -2.37. The standard InChI is InChI=1S/C14H27N/c1-4-8-12-15(13-9-5-1)14-10-6-2-3-7-11-14/h14H,1-13H2. The van der Waals surface area contributed by atoms with E-state index in [1.807, 2.05) is 0 Å². The highest BCUT2D eigenvalue weighted by molar-refractivity contribution is 4.75. The minimum absolute atomic E-state index is 0.950. The average Bonchev–Trinajstić information content (AvgIpc) is 2.45. The van der Waals surface area contributed by atoms with Gasteiger partial charge in [-0.1, -0.05) is 44.9 Å². The maximum atomic E-state index is 2.82. The number of hydrogen-bond donors (Lipinski definition) is 0. The van der Waals surface area contributed by atoms with Gasteiger partial charge in [0.25, 0.3) is 0 Å². The van der Waals surface area contributed by atoms with Gasteiger partial charge in [-0.25, -0.2) is 0 Å². The summed E-state index contributed by atoms with van der Waals surface area (Å²) in [7, 11) is 0. The maximum Gasteiger partial charge on any atom is 0.00952 e. The van der Waals surface area contributed by atoms with Crippen LogP contribution >= 0.6 is 0 Å². The van der Waals surface area contributed by atoms with E-state index >= 15 is 0 Å². The Morgan fingerprint density at radius 2 is 1.00 bits per heavy atom. The third-order valence-electron chi connectivity index (χ3n) is 4.23. The van der Waals surface area contributed by atoms with Gasteiger partial charge in [0.2, 0.25) is 0 Å². The highest BCUT2D eigenvalue weighted by Crippen LogP contribution is 2.23. The first kappa shape index (κ1) is 11.4. The van der Waals surface area contributed by atoms with Crippen molar-refractivity contribution in [2.24, 2.45) is 0 Å². The van der Waals surface area contributed by atoms with Gasteiger partial charge in [-0.15, -0.1) is 0 Å². The van der Waals surface area contributed by atoms with Gasteiger partial charge in [-0.2, -0.15) is 0 Å². The molecule has 2 rings (SSSR count). The minimum atomic E-state index is 0.950. The third-order valence-corrected chi connectivity index (χ3v) is 4.23. The number of rotatable bonds is 1.